The van der Waals surface area contributed by atoms with Crippen molar-refractivity contribution in [1.82, 2.24) is 14.8 Å². The monoisotopic (exact) mass is 432 g/mol. The summed E-state index contributed by atoms with van der Waals surface area (Å²) in [6.45, 7) is 6.03. The average Bonchev–Trinajstić information content (AvgIpc) is 3.44. The molecule has 0 radical (unpaired) electrons. The van der Waals surface area contributed by atoms with Gasteiger partial charge >= 0.3 is 0 Å². The van der Waals surface area contributed by atoms with Crippen LogP contribution in [-0.2, 0) is 0 Å². The third kappa shape index (κ3) is 3.34. The van der Waals surface area contributed by atoms with Crippen LogP contribution in [-0.4, -0.2) is 27.8 Å². The lowest BCUT2D eigenvalue weighted by Crippen LogP contribution is -2.14. The molecule has 0 saturated heterocycles. The number of nitrogens with one attached hydrogen (secondary N) is 1. The number of thiazole rings is 1. The van der Waals surface area contributed by atoms with Gasteiger partial charge in [-0.3, -0.25) is 4.79 Å². The van der Waals surface area contributed by atoms with Crippen molar-refractivity contribution < 1.29 is 13.9 Å². The molecule has 1 N–H and O–H groups in total. The topological polar surface area (TPSA) is 82.2 Å². The van der Waals surface area contributed by atoms with E-state index >= 15 is 0 Å². The molecule has 5 rings (SSSR count). The molecular weight excluding hydrogens is 412 g/mol. The number of hydrogen-bond acceptors (Lipinski definition) is 6. The van der Waals surface area contributed by atoms with Crippen molar-refractivity contribution in [3.05, 3.63) is 65.0 Å². The molecule has 0 aliphatic carbocycles. The normalized spacial score (nSPS) is 11.4. The van der Waals surface area contributed by atoms with Crippen LogP contribution < -0.4 is 10.1 Å². The zero-order valence-corrected chi connectivity index (χ0v) is 18.3. The van der Waals surface area contributed by atoms with Crippen molar-refractivity contribution in [2.75, 3.05) is 12.4 Å². The van der Waals surface area contributed by atoms with E-state index in [0.717, 1.165) is 21.3 Å². The van der Waals surface area contributed by atoms with E-state index in [0.29, 0.717) is 22.3 Å². The maximum absolute atomic E-state index is 12.9. The molecule has 3 aromatic heterocycles. The van der Waals surface area contributed by atoms with Crippen LogP contribution >= 0.6 is 11.3 Å². The molecule has 156 valence electrons. The SMILES string of the molecule is COc1cccc2cc(C(=O)Nc3cc(C)nn3-c3nc4cc(C)c(C)cc4s3)oc12. The van der Waals surface area contributed by atoms with E-state index < -0.39 is 0 Å². The zero-order valence-electron chi connectivity index (χ0n) is 17.5. The Balaban J connectivity index is 1.50. The number of para-hydroxylation sites is 1. The van der Waals surface area contributed by atoms with Crippen LogP contribution in [0.4, 0.5) is 5.82 Å². The van der Waals surface area contributed by atoms with Gasteiger partial charge in [-0.2, -0.15) is 9.78 Å². The van der Waals surface area contributed by atoms with Gasteiger partial charge in [0, 0.05) is 11.5 Å². The molecule has 5 aromatic rings. The Kier molecular flexibility index (Phi) is 4.51. The van der Waals surface area contributed by atoms with E-state index in [2.05, 4.69) is 36.4 Å². The molecule has 0 bridgehead atoms. The average molecular weight is 433 g/mol. The molecule has 0 atom stereocenters. The van der Waals surface area contributed by atoms with Crippen molar-refractivity contribution in [3.63, 3.8) is 0 Å². The largest absolute Gasteiger partial charge is 0.493 e. The molecule has 2 aromatic carbocycles. The van der Waals surface area contributed by atoms with Crippen molar-refractivity contribution in [3.8, 4) is 10.9 Å². The first-order valence-electron chi connectivity index (χ1n) is 9.75. The Morgan fingerprint density at radius 2 is 1.94 bits per heavy atom. The third-order valence-corrected chi connectivity index (χ3v) is 6.19. The predicted octanol–water partition coefficient (Wildman–Crippen LogP) is 5.41. The lowest BCUT2D eigenvalue weighted by molar-refractivity contribution is 0.0998. The first kappa shape index (κ1) is 19.3. The highest BCUT2D eigenvalue weighted by Gasteiger charge is 2.19. The van der Waals surface area contributed by atoms with Gasteiger partial charge in [-0.15, -0.1) is 0 Å². The molecule has 1 amide bonds. The number of rotatable bonds is 4. The molecule has 0 aliphatic heterocycles. The van der Waals surface area contributed by atoms with Crippen LogP contribution in [0.15, 0.2) is 46.9 Å². The van der Waals surface area contributed by atoms with Crippen molar-refractivity contribution in [1.29, 1.82) is 0 Å². The summed E-state index contributed by atoms with van der Waals surface area (Å²) in [5.41, 5.74) is 4.63. The first-order valence-corrected chi connectivity index (χ1v) is 10.6. The van der Waals surface area contributed by atoms with Gasteiger partial charge in [-0.1, -0.05) is 23.5 Å². The third-order valence-electron chi connectivity index (χ3n) is 5.20. The first-order chi connectivity index (χ1) is 14.9. The van der Waals surface area contributed by atoms with Gasteiger partial charge in [0.25, 0.3) is 5.91 Å². The fourth-order valence-electron chi connectivity index (χ4n) is 3.48. The molecule has 0 spiro atoms. The van der Waals surface area contributed by atoms with Gasteiger partial charge in [-0.05, 0) is 56.2 Å². The molecule has 0 fully saturated rings. The second-order valence-electron chi connectivity index (χ2n) is 7.43. The number of benzene rings is 2. The predicted molar refractivity (Wildman–Crippen MR) is 122 cm³/mol. The number of hydrogen-bond donors (Lipinski definition) is 1. The number of carbonyl (C=O) groups is 1. The van der Waals surface area contributed by atoms with Crippen LogP contribution in [0.25, 0.3) is 26.3 Å². The minimum atomic E-state index is -0.368. The van der Waals surface area contributed by atoms with E-state index in [1.54, 1.807) is 23.9 Å². The smallest absolute Gasteiger partial charge is 0.292 e. The van der Waals surface area contributed by atoms with E-state index in [1.807, 2.05) is 25.1 Å². The van der Waals surface area contributed by atoms with Gasteiger partial charge in [0.1, 0.15) is 5.82 Å². The summed E-state index contributed by atoms with van der Waals surface area (Å²) in [5.74, 6) is 0.938. The van der Waals surface area contributed by atoms with Crippen LogP contribution in [0.3, 0.4) is 0 Å². The molecular formula is C23H20N4O3S. The quantitative estimate of drug-likeness (QED) is 0.410. The Hall–Kier alpha value is -3.65. The Bertz CT molecular complexity index is 1420. The fraction of sp³-hybridized carbons (Fsp3) is 0.174. The summed E-state index contributed by atoms with van der Waals surface area (Å²) >= 11 is 1.53. The number of methoxy groups -OCH3 is 1. The standard InChI is InChI=1S/C23H20N4O3S/c1-12-8-16-19(9-13(12)2)31-23(24-16)27-20(10-14(3)26-27)25-22(28)18-11-15-6-5-7-17(29-4)21(15)30-18/h5-11H,1-4H3,(H,25,28). The molecule has 3 heterocycles. The summed E-state index contributed by atoms with van der Waals surface area (Å²) in [4.78, 5) is 17.7. The summed E-state index contributed by atoms with van der Waals surface area (Å²) in [7, 11) is 1.57. The number of aromatic nitrogens is 3. The van der Waals surface area contributed by atoms with Gasteiger partial charge in [-0.25, -0.2) is 4.98 Å². The number of fused-ring (bicyclic) bond motifs is 2. The number of furan rings is 1. The number of amides is 1. The summed E-state index contributed by atoms with van der Waals surface area (Å²) in [5, 5.41) is 8.93. The van der Waals surface area contributed by atoms with Crippen LogP contribution in [0.2, 0.25) is 0 Å². The van der Waals surface area contributed by atoms with E-state index in [9.17, 15) is 4.79 Å². The highest BCUT2D eigenvalue weighted by atomic mass is 32.1. The van der Waals surface area contributed by atoms with E-state index in [4.69, 9.17) is 14.1 Å². The van der Waals surface area contributed by atoms with Gasteiger partial charge in [0.15, 0.2) is 17.1 Å². The molecule has 31 heavy (non-hydrogen) atoms. The molecule has 0 saturated carbocycles. The Labute approximate surface area is 182 Å². The minimum absolute atomic E-state index is 0.195. The molecule has 0 aliphatic rings. The number of aryl methyl sites for hydroxylation is 3. The zero-order chi connectivity index (χ0) is 21.7. The number of carbonyl (C=O) groups excluding carboxylic acids is 1. The summed E-state index contributed by atoms with van der Waals surface area (Å²) in [6, 6.07) is 13.2. The van der Waals surface area contributed by atoms with Crippen molar-refractivity contribution in [2.24, 2.45) is 0 Å². The summed E-state index contributed by atoms with van der Waals surface area (Å²) in [6.07, 6.45) is 0. The molecule has 0 unspecified atom stereocenters. The number of ether oxygens (including phenoxy) is 1. The van der Waals surface area contributed by atoms with E-state index in [-0.39, 0.29) is 11.7 Å². The van der Waals surface area contributed by atoms with Crippen LogP contribution in [0.1, 0.15) is 27.4 Å². The highest BCUT2D eigenvalue weighted by Crippen LogP contribution is 2.31. The Morgan fingerprint density at radius 3 is 2.74 bits per heavy atom. The van der Waals surface area contributed by atoms with E-state index in [1.165, 1.54) is 22.5 Å². The van der Waals surface area contributed by atoms with Crippen LogP contribution in [0.5, 0.6) is 5.75 Å². The number of nitrogens with zero attached hydrogens (tertiary/aromatic N) is 3. The van der Waals surface area contributed by atoms with Gasteiger partial charge in [0.2, 0.25) is 5.13 Å². The number of anilines is 1. The van der Waals surface area contributed by atoms with Gasteiger partial charge < -0.3 is 14.5 Å². The van der Waals surface area contributed by atoms with Crippen molar-refractivity contribution in [2.45, 2.75) is 20.8 Å². The second kappa shape index (κ2) is 7.24. The maximum atomic E-state index is 12.9. The summed E-state index contributed by atoms with van der Waals surface area (Å²) < 4.78 is 13.8. The lowest BCUT2D eigenvalue weighted by atomic mass is 10.1. The lowest BCUT2D eigenvalue weighted by Gasteiger charge is -2.04. The maximum Gasteiger partial charge on any atom is 0.292 e. The fourth-order valence-corrected chi connectivity index (χ4v) is 4.49. The van der Waals surface area contributed by atoms with Gasteiger partial charge in [0.05, 0.1) is 23.0 Å². The molecule has 7 nitrogen and oxygen atoms in total. The highest BCUT2D eigenvalue weighted by molar-refractivity contribution is 7.20. The second-order valence-corrected chi connectivity index (χ2v) is 8.44. The Morgan fingerprint density at radius 1 is 1.13 bits per heavy atom. The van der Waals surface area contributed by atoms with Crippen LogP contribution in [0, 0.1) is 20.8 Å². The molecule has 8 heteroatoms. The van der Waals surface area contributed by atoms with Crippen molar-refractivity contribution >= 4 is 44.2 Å². The minimum Gasteiger partial charge on any atom is -0.493 e.